The molecule has 1 aliphatic rings. The molecule has 36 heavy (non-hydrogen) atoms. The molecular weight excluding hydrogens is 461 g/mol. The molecule has 3 rings (SSSR count). The Morgan fingerprint density at radius 2 is 1.78 bits per heavy atom. The fourth-order valence-corrected chi connectivity index (χ4v) is 3.93. The van der Waals surface area contributed by atoms with Gasteiger partial charge in [-0.3, -0.25) is 14.6 Å². The first-order chi connectivity index (χ1) is 17.4. The van der Waals surface area contributed by atoms with Crippen LogP contribution in [0.1, 0.15) is 38.2 Å². The average Bonchev–Trinajstić information content (AvgIpc) is 2.86. The highest BCUT2D eigenvalue weighted by Crippen LogP contribution is 2.33. The van der Waals surface area contributed by atoms with Crippen molar-refractivity contribution >= 4 is 40.8 Å². The van der Waals surface area contributed by atoms with Crippen LogP contribution in [0.15, 0.2) is 48.0 Å². The number of likely N-dealkylation sites (N-methyl/N-ethyl adjacent to an activating group) is 1. The third-order valence-electron chi connectivity index (χ3n) is 5.72. The zero-order valence-corrected chi connectivity index (χ0v) is 20.9. The summed E-state index contributed by atoms with van der Waals surface area (Å²) >= 11 is 0. The Morgan fingerprint density at radius 3 is 2.42 bits per heavy atom. The number of rotatable bonds is 11. The second-order valence-electron chi connectivity index (χ2n) is 8.49. The number of carbonyl (C=O) groups is 2. The predicted octanol–water partition coefficient (Wildman–Crippen LogP) is 4.57. The zero-order valence-electron chi connectivity index (χ0n) is 20.9. The molecule has 1 heterocycles. The third kappa shape index (κ3) is 7.64. The lowest BCUT2D eigenvalue weighted by Gasteiger charge is -2.26. The van der Waals surface area contributed by atoms with E-state index in [1.807, 2.05) is 7.05 Å². The standard InChI is InChI=1S/C27H34FN5O3/c1-4-30-24-17-22(36-15-12-29-3)16-23(28)27(24)19(2)31-20-8-10-21(11-9-20)32-25(34)18-26(35)33-13-6-5-7-14-33/h4,8-11,16-17,29,31H,2,5-7,12-15,18H2,1,3H3,(H,32,34). The lowest BCUT2D eigenvalue weighted by atomic mass is 10.1. The number of aliphatic imine (C=N–C) groups is 1. The van der Waals surface area contributed by atoms with Gasteiger partial charge in [0.25, 0.3) is 0 Å². The van der Waals surface area contributed by atoms with Gasteiger partial charge in [0.1, 0.15) is 24.6 Å². The lowest BCUT2D eigenvalue weighted by Crippen LogP contribution is -2.37. The van der Waals surface area contributed by atoms with E-state index in [1.165, 1.54) is 6.07 Å². The van der Waals surface area contributed by atoms with Crippen molar-refractivity contribution in [3.05, 3.63) is 54.4 Å². The molecular formula is C27H34FN5O3. The van der Waals surface area contributed by atoms with Gasteiger partial charge < -0.3 is 25.6 Å². The number of anilines is 2. The molecule has 0 unspecified atom stereocenters. The number of ether oxygens (including phenoxy) is 1. The van der Waals surface area contributed by atoms with Crippen molar-refractivity contribution in [3.63, 3.8) is 0 Å². The van der Waals surface area contributed by atoms with Gasteiger partial charge in [0.2, 0.25) is 11.8 Å². The lowest BCUT2D eigenvalue weighted by molar-refractivity contribution is -0.135. The van der Waals surface area contributed by atoms with Crippen molar-refractivity contribution in [2.45, 2.75) is 32.6 Å². The second-order valence-corrected chi connectivity index (χ2v) is 8.49. The van der Waals surface area contributed by atoms with Crippen molar-refractivity contribution in [2.24, 2.45) is 4.99 Å². The summed E-state index contributed by atoms with van der Waals surface area (Å²) in [4.78, 5) is 30.6. The molecule has 0 saturated carbocycles. The van der Waals surface area contributed by atoms with E-state index in [-0.39, 0.29) is 23.8 Å². The van der Waals surface area contributed by atoms with Crippen LogP contribution < -0.4 is 20.7 Å². The molecule has 2 aromatic rings. The molecule has 9 heteroatoms. The Labute approximate surface area is 211 Å². The molecule has 0 atom stereocenters. The van der Waals surface area contributed by atoms with Gasteiger partial charge in [-0.2, -0.15) is 0 Å². The fourth-order valence-electron chi connectivity index (χ4n) is 3.93. The summed E-state index contributed by atoms with van der Waals surface area (Å²) in [6.45, 7) is 8.21. The maximum absolute atomic E-state index is 15.0. The van der Waals surface area contributed by atoms with Crippen LogP contribution in [0.2, 0.25) is 0 Å². The van der Waals surface area contributed by atoms with E-state index in [2.05, 4.69) is 27.5 Å². The van der Waals surface area contributed by atoms with Gasteiger partial charge >= 0.3 is 0 Å². The van der Waals surface area contributed by atoms with Crippen LogP contribution in [0, 0.1) is 5.82 Å². The number of likely N-dealkylation sites (tertiary alicyclic amines) is 1. The Hall–Kier alpha value is -3.72. The van der Waals surface area contributed by atoms with Gasteiger partial charge in [-0.25, -0.2) is 4.39 Å². The quantitative estimate of drug-likeness (QED) is 0.241. The summed E-state index contributed by atoms with van der Waals surface area (Å²) in [5, 5.41) is 8.82. The van der Waals surface area contributed by atoms with Gasteiger partial charge in [0.05, 0.1) is 11.3 Å². The number of amides is 2. The molecule has 3 N–H and O–H groups in total. The maximum atomic E-state index is 15.0. The SMILES string of the molecule is C=C(Nc1ccc(NC(=O)CC(=O)N2CCCCC2)cc1)c1c(F)cc(OCCNC)cc1N=CC. The van der Waals surface area contributed by atoms with E-state index in [0.717, 1.165) is 19.3 Å². The summed E-state index contributed by atoms with van der Waals surface area (Å²) in [5.41, 5.74) is 2.19. The minimum atomic E-state index is -0.502. The fraction of sp³-hybridized carbons (Fsp3) is 0.370. The Bertz CT molecular complexity index is 1100. The van der Waals surface area contributed by atoms with Crippen LogP contribution in [0.25, 0.3) is 5.70 Å². The molecule has 8 nitrogen and oxygen atoms in total. The van der Waals surface area contributed by atoms with E-state index in [0.29, 0.717) is 54.7 Å². The topological polar surface area (TPSA) is 95.1 Å². The van der Waals surface area contributed by atoms with Gasteiger partial charge in [-0.1, -0.05) is 6.58 Å². The van der Waals surface area contributed by atoms with Crippen LogP contribution >= 0.6 is 0 Å². The molecule has 1 aliphatic heterocycles. The highest BCUT2D eigenvalue weighted by atomic mass is 19.1. The maximum Gasteiger partial charge on any atom is 0.233 e. The molecule has 0 bridgehead atoms. The highest BCUT2D eigenvalue weighted by molar-refractivity contribution is 6.03. The average molecular weight is 496 g/mol. The summed E-state index contributed by atoms with van der Waals surface area (Å²) in [6, 6.07) is 9.88. The molecule has 1 fully saturated rings. The van der Waals surface area contributed by atoms with Crippen LogP contribution in [0.5, 0.6) is 5.75 Å². The second kappa shape index (κ2) is 13.4. The smallest absolute Gasteiger partial charge is 0.233 e. The number of halogens is 1. The van der Waals surface area contributed by atoms with E-state index in [1.54, 1.807) is 48.4 Å². The number of hydrogen-bond donors (Lipinski definition) is 3. The van der Waals surface area contributed by atoms with E-state index >= 15 is 0 Å². The number of nitrogens with zero attached hydrogens (tertiary/aromatic N) is 2. The predicted molar refractivity (Wildman–Crippen MR) is 142 cm³/mol. The highest BCUT2D eigenvalue weighted by Gasteiger charge is 2.19. The molecule has 0 aliphatic carbocycles. The monoisotopic (exact) mass is 495 g/mol. The molecule has 0 aromatic heterocycles. The minimum absolute atomic E-state index is 0.146. The first kappa shape index (κ1) is 26.9. The zero-order chi connectivity index (χ0) is 25.9. The van der Waals surface area contributed by atoms with Crippen molar-refractivity contribution in [2.75, 3.05) is 43.9 Å². The molecule has 0 spiro atoms. The Morgan fingerprint density at radius 1 is 1.11 bits per heavy atom. The number of nitrogens with one attached hydrogen (secondary N) is 3. The number of hydrogen-bond acceptors (Lipinski definition) is 6. The van der Waals surface area contributed by atoms with Gasteiger partial charge in [-0.05, 0) is 57.5 Å². The third-order valence-corrected chi connectivity index (χ3v) is 5.72. The van der Waals surface area contributed by atoms with Crippen molar-refractivity contribution in [3.8, 4) is 5.75 Å². The summed E-state index contributed by atoms with van der Waals surface area (Å²) in [6.07, 6.45) is 4.50. The first-order valence-corrected chi connectivity index (χ1v) is 12.1. The van der Waals surface area contributed by atoms with Crippen molar-refractivity contribution in [1.29, 1.82) is 0 Å². The van der Waals surface area contributed by atoms with Gasteiger partial charge in [-0.15, -0.1) is 0 Å². The number of benzene rings is 2. The van der Waals surface area contributed by atoms with Gasteiger partial charge in [0.15, 0.2) is 0 Å². The van der Waals surface area contributed by atoms with Crippen LogP contribution in [0.3, 0.4) is 0 Å². The Balaban J connectivity index is 1.61. The number of carbonyl (C=O) groups excluding carboxylic acids is 2. The first-order valence-electron chi connectivity index (χ1n) is 12.1. The van der Waals surface area contributed by atoms with E-state index in [9.17, 15) is 14.0 Å². The van der Waals surface area contributed by atoms with Crippen molar-refractivity contribution < 1.29 is 18.7 Å². The molecule has 0 radical (unpaired) electrons. The summed E-state index contributed by atoms with van der Waals surface area (Å²) < 4.78 is 20.6. The van der Waals surface area contributed by atoms with Crippen LogP contribution in [-0.2, 0) is 9.59 Å². The molecule has 2 amide bonds. The van der Waals surface area contributed by atoms with E-state index in [4.69, 9.17) is 4.74 Å². The molecule has 2 aromatic carbocycles. The van der Waals surface area contributed by atoms with Crippen molar-refractivity contribution in [1.82, 2.24) is 10.2 Å². The summed E-state index contributed by atoms with van der Waals surface area (Å²) in [5.74, 6) is -0.610. The van der Waals surface area contributed by atoms with E-state index < -0.39 is 5.82 Å². The van der Waals surface area contributed by atoms with Crippen LogP contribution in [0.4, 0.5) is 21.5 Å². The minimum Gasteiger partial charge on any atom is -0.492 e. The molecule has 192 valence electrons. The van der Waals surface area contributed by atoms with Gasteiger partial charge in [0, 0.05) is 55.1 Å². The largest absolute Gasteiger partial charge is 0.492 e. The number of piperidine rings is 1. The Kier molecular flexibility index (Phi) is 10.00. The normalized spacial score (nSPS) is 13.5. The van der Waals surface area contributed by atoms with Crippen LogP contribution in [-0.4, -0.2) is 56.2 Å². The molecule has 1 saturated heterocycles. The summed E-state index contributed by atoms with van der Waals surface area (Å²) in [7, 11) is 1.81.